The molecule has 1 saturated carbocycles. The normalized spacial score (nSPS) is 20.2. The first-order valence-corrected chi connectivity index (χ1v) is 10.8. The number of benzene rings is 1. The summed E-state index contributed by atoms with van der Waals surface area (Å²) in [6.07, 6.45) is 5.96. The number of hydrogen-bond donors (Lipinski definition) is 0. The number of aromatic nitrogens is 2. The van der Waals surface area contributed by atoms with Crippen molar-refractivity contribution in [2.24, 2.45) is 0 Å². The highest BCUT2D eigenvalue weighted by molar-refractivity contribution is 8.00. The summed E-state index contributed by atoms with van der Waals surface area (Å²) in [7, 11) is 0. The van der Waals surface area contributed by atoms with Gasteiger partial charge in [0.15, 0.2) is 5.16 Å². The summed E-state index contributed by atoms with van der Waals surface area (Å²) in [4.78, 5) is 19.1. The van der Waals surface area contributed by atoms with Crippen LogP contribution in [0.5, 0.6) is 0 Å². The molecule has 1 aromatic carbocycles. The van der Waals surface area contributed by atoms with E-state index in [4.69, 9.17) is 4.98 Å². The van der Waals surface area contributed by atoms with Crippen LogP contribution in [0.2, 0.25) is 0 Å². The fourth-order valence-corrected chi connectivity index (χ4v) is 6.27. The molecule has 1 aliphatic carbocycles. The number of thioether (sulfide) groups is 2. The second-order valence-corrected chi connectivity index (χ2v) is 10.0. The van der Waals surface area contributed by atoms with Gasteiger partial charge in [0.1, 0.15) is 0 Å². The molecular formula is C20H24N2OS2. The lowest BCUT2D eigenvalue weighted by molar-refractivity contribution is 0.725. The van der Waals surface area contributed by atoms with Gasteiger partial charge in [-0.15, -0.1) is 11.8 Å². The molecule has 0 radical (unpaired) electrons. The third-order valence-corrected chi connectivity index (χ3v) is 7.42. The van der Waals surface area contributed by atoms with Gasteiger partial charge in [0.05, 0.1) is 16.3 Å². The average Bonchev–Trinajstić information content (AvgIpc) is 3.15. The summed E-state index contributed by atoms with van der Waals surface area (Å²) in [6, 6.07) is 6.35. The molecule has 2 aliphatic rings. The van der Waals surface area contributed by atoms with Crippen molar-refractivity contribution in [1.82, 2.24) is 9.55 Å². The highest BCUT2D eigenvalue weighted by Crippen LogP contribution is 2.38. The van der Waals surface area contributed by atoms with Gasteiger partial charge in [-0.05, 0) is 49.9 Å². The molecule has 3 nitrogen and oxygen atoms in total. The standard InChI is InChI=1S/C20H24N2OS2/c1-12-8-13(2)10-15(9-12)22-19(23)18-17(11-14(3)24-18)21-20(22)25-16-6-4-5-7-16/h8-10,14,16H,4-7,11H2,1-3H3/t14-/m1/s1. The van der Waals surface area contributed by atoms with Gasteiger partial charge in [-0.1, -0.05) is 37.6 Å². The summed E-state index contributed by atoms with van der Waals surface area (Å²) in [5, 5.41) is 1.92. The lowest BCUT2D eigenvalue weighted by Crippen LogP contribution is -2.24. The van der Waals surface area contributed by atoms with Crippen molar-refractivity contribution in [1.29, 1.82) is 0 Å². The maximum atomic E-state index is 13.3. The molecule has 2 aromatic rings. The summed E-state index contributed by atoms with van der Waals surface area (Å²) in [5.41, 5.74) is 4.44. The molecule has 1 atom stereocenters. The van der Waals surface area contributed by atoms with E-state index in [9.17, 15) is 4.79 Å². The summed E-state index contributed by atoms with van der Waals surface area (Å²) in [6.45, 7) is 6.35. The molecule has 0 amide bonds. The Morgan fingerprint density at radius 3 is 2.52 bits per heavy atom. The Kier molecular flexibility index (Phi) is 4.71. The Morgan fingerprint density at radius 1 is 1.16 bits per heavy atom. The van der Waals surface area contributed by atoms with E-state index in [0.717, 1.165) is 27.9 Å². The molecule has 0 spiro atoms. The molecular weight excluding hydrogens is 348 g/mol. The van der Waals surface area contributed by atoms with E-state index in [1.54, 1.807) is 11.8 Å². The molecule has 0 bridgehead atoms. The first kappa shape index (κ1) is 17.2. The number of nitrogens with zero attached hydrogens (tertiary/aromatic N) is 2. The zero-order valence-electron chi connectivity index (χ0n) is 15.0. The van der Waals surface area contributed by atoms with Crippen LogP contribution in [0, 0.1) is 13.8 Å². The number of rotatable bonds is 3. The van der Waals surface area contributed by atoms with Crippen LogP contribution in [-0.4, -0.2) is 20.1 Å². The Hall–Kier alpha value is -1.20. The van der Waals surface area contributed by atoms with Crippen molar-refractivity contribution < 1.29 is 0 Å². The first-order chi connectivity index (χ1) is 12.0. The van der Waals surface area contributed by atoms with Crippen LogP contribution in [0.4, 0.5) is 0 Å². The van der Waals surface area contributed by atoms with E-state index in [1.165, 1.54) is 36.8 Å². The molecule has 1 fully saturated rings. The van der Waals surface area contributed by atoms with Gasteiger partial charge in [-0.3, -0.25) is 9.36 Å². The number of fused-ring (bicyclic) bond motifs is 1. The van der Waals surface area contributed by atoms with Crippen LogP contribution in [-0.2, 0) is 6.42 Å². The Balaban J connectivity index is 1.87. The van der Waals surface area contributed by atoms with Gasteiger partial charge in [0.25, 0.3) is 5.56 Å². The molecule has 0 unspecified atom stereocenters. The predicted octanol–water partition coefficient (Wildman–Crippen LogP) is 4.92. The van der Waals surface area contributed by atoms with Crippen LogP contribution in [0.3, 0.4) is 0 Å². The Morgan fingerprint density at radius 2 is 1.84 bits per heavy atom. The van der Waals surface area contributed by atoms with Crippen LogP contribution in [0.15, 0.2) is 33.0 Å². The van der Waals surface area contributed by atoms with Crippen molar-refractivity contribution in [3.63, 3.8) is 0 Å². The second-order valence-electron chi connectivity index (χ2n) is 7.31. The monoisotopic (exact) mass is 372 g/mol. The maximum Gasteiger partial charge on any atom is 0.272 e. The lowest BCUT2D eigenvalue weighted by atomic mass is 10.1. The van der Waals surface area contributed by atoms with Gasteiger partial charge in [0, 0.05) is 16.9 Å². The van der Waals surface area contributed by atoms with Crippen molar-refractivity contribution >= 4 is 23.5 Å². The van der Waals surface area contributed by atoms with E-state index in [1.807, 2.05) is 16.3 Å². The fourth-order valence-electron chi connectivity index (χ4n) is 3.84. The van der Waals surface area contributed by atoms with Gasteiger partial charge in [-0.2, -0.15) is 0 Å². The minimum atomic E-state index is 0.116. The third-order valence-electron chi connectivity index (χ3n) is 4.92. The van der Waals surface area contributed by atoms with E-state index >= 15 is 0 Å². The molecule has 5 heteroatoms. The molecule has 1 aliphatic heterocycles. The van der Waals surface area contributed by atoms with Crippen LogP contribution < -0.4 is 5.56 Å². The highest BCUT2D eigenvalue weighted by Gasteiger charge is 2.28. The topological polar surface area (TPSA) is 34.9 Å². The van der Waals surface area contributed by atoms with Crippen molar-refractivity contribution in [3.05, 3.63) is 45.4 Å². The quantitative estimate of drug-likeness (QED) is 0.716. The molecule has 4 rings (SSSR count). The van der Waals surface area contributed by atoms with Gasteiger partial charge < -0.3 is 0 Å². The van der Waals surface area contributed by atoms with Crippen molar-refractivity contribution in [2.75, 3.05) is 0 Å². The molecule has 1 aromatic heterocycles. The van der Waals surface area contributed by atoms with Crippen molar-refractivity contribution in [2.45, 2.75) is 73.4 Å². The molecule has 0 saturated heterocycles. The minimum absolute atomic E-state index is 0.116. The summed E-state index contributed by atoms with van der Waals surface area (Å²) in [5.74, 6) is 0. The predicted molar refractivity (Wildman–Crippen MR) is 106 cm³/mol. The lowest BCUT2D eigenvalue weighted by Gasteiger charge is -2.17. The van der Waals surface area contributed by atoms with Crippen LogP contribution in [0.1, 0.15) is 49.4 Å². The van der Waals surface area contributed by atoms with Gasteiger partial charge in [-0.25, -0.2) is 4.98 Å². The maximum absolute atomic E-state index is 13.3. The summed E-state index contributed by atoms with van der Waals surface area (Å²) < 4.78 is 1.87. The molecule has 132 valence electrons. The fraction of sp³-hybridized carbons (Fsp3) is 0.500. The molecule has 2 heterocycles. The van der Waals surface area contributed by atoms with E-state index in [0.29, 0.717) is 10.5 Å². The largest absolute Gasteiger partial charge is 0.272 e. The van der Waals surface area contributed by atoms with Gasteiger partial charge >= 0.3 is 0 Å². The molecule has 25 heavy (non-hydrogen) atoms. The third kappa shape index (κ3) is 3.41. The van der Waals surface area contributed by atoms with E-state index in [2.05, 4.69) is 39.0 Å². The Bertz CT molecular complexity index is 848. The average molecular weight is 373 g/mol. The first-order valence-electron chi connectivity index (χ1n) is 9.09. The van der Waals surface area contributed by atoms with Crippen LogP contribution in [0.25, 0.3) is 5.69 Å². The zero-order valence-corrected chi connectivity index (χ0v) is 16.7. The smallest absolute Gasteiger partial charge is 0.268 e. The SMILES string of the molecule is Cc1cc(C)cc(-n2c(SC3CCCC3)nc3c(c2=O)S[C@H](C)C3)c1. The summed E-state index contributed by atoms with van der Waals surface area (Å²) >= 11 is 3.49. The molecule has 0 N–H and O–H groups in total. The second kappa shape index (κ2) is 6.84. The highest BCUT2D eigenvalue weighted by atomic mass is 32.2. The number of aryl methyl sites for hydroxylation is 2. The Labute approximate surface area is 157 Å². The zero-order chi connectivity index (χ0) is 17.6. The van der Waals surface area contributed by atoms with Crippen LogP contribution >= 0.6 is 23.5 Å². The number of hydrogen-bond acceptors (Lipinski definition) is 4. The van der Waals surface area contributed by atoms with E-state index < -0.39 is 0 Å². The van der Waals surface area contributed by atoms with Crippen molar-refractivity contribution in [3.8, 4) is 5.69 Å². The van der Waals surface area contributed by atoms with Gasteiger partial charge in [0.2, 0.25) is 0 Å². The minimum Gasteiger partial charge on any atom is -0.268 e. The van der Waals surface area contributed by atoms with E-state index in [-0.39, 0.29) is 5.56 Å².